The largest absolute Gasteiger partial charge is 0.385 e. The van der Waals surface area contributed by atoms with E-state index in [1.807, 2.05) is 0 Å². The van der Waals surface area contributed by atoms with E-state index in [4.69, 9.17) is 9.47 Å². The molecule has 1 atom stereocenters. The Balaban J connectivity index is 3.08. The minimum atomic E-state index is 0.380. The van der Waals surface area contributed by atoms with Crippen molar-refractivity contribution in [1.29, 1.82) is 0 Å². The van der Waals surface area contributed by atoms with E-state index in [-0.39, 0.29) is 0 Å². The summed E-state index contributed by atoms with van der Waals surface area (Å²) in [5, 5.41) is 3.39. The molecule has 1 N–H and O–H groups in total. The lowest BCUT2D eigenvalue weighted by Crippen LogP contribution is -2.18. The normalized spacial score (nSPS) is 13.0. The smallest absolute Gasteiger partial charge is 0.0547 e. The van der Waals surface area contributed by atoms with E-state index in [0.29, 0.717) is 6.10 Å². The third-order valence-corrected chi connectivity index (χ3v) is 2.29. The maximum Gasteiger partial charge on any atom is 0.0547 e. The van der Waals surface area contributed by atoms with Gasteiger partial charge in [-0.1, -0.05) is 6.92 Å². The number of hydrogen-bond acceptors (Lipinski definition) is 3. The predicted octanol–water partition coefficient (Wildman–Crippen LogP) is 2.21. The van der Waals surface area contributed by atoms with Gasteiger partial charge in [-0.2, -0.15) is 0 Å². The second-order valence-electron chi connectivity index (χ2n) is 3.92. The number of rotatable bonds is 11. The van der Waals surface area contributed by atoms with Crippen LogP contribution < -0.4 is 5.32 Å². The summed E-state index contributed by atoms with van der Waals surface area (Å²) in [5.41, 5.74) is 0. The third kappa shape index (κ3) is 11.8. The van der Waals surface area contributed by atoms with E-state index >= 15 is 0 Å². The van der Waals surface area contributed by atoms with Crippen LogP contribution in [0.15, 0.2) is 0 Å². The van der Waals surface area contributed by atoms with Crippen LogP contribution in [0.25, 0.3) is 0 Å². The molecular formula is C12H27NO2. The molecule has 0 spiro atoms. The summed E-state index contributed by atoms with van der Waals surface area (Å²) in [4.78, 5) is 0. The molecule has 0 aliphatic carbocycles. The maximum atomic E-state index is 5.64. The van der Waals surface area contributed by atoms with Crippen molar-refractivity contribution in [3.05, 3.63) is 0 Å². The molecule has 0 saturated carbocycles. The summed E-state index contributed by atoms with van der Waals surface area (Å²) in [6.45, 7) is 8.19. The molecule has 0 saturated heterocycles. The van der Waals surface area contributed by atoms with Gasteiger partial charge in [0.1, 0.15) is 0 Å². The van der Waals surface area contributed by atoms with Gasteiger partial charge >= 0.3 is 0 Å². The lowest BCUT2D eigenvalue weighted by atomic mass is 10.2. The topological polar surface area (TPSA) is 30.5 Å². The molecule has 3 nitrogen and oxygen atoms in total. The molecule has 1 unspecified atom stereocenters. The van der Waals surface area contributed by atoms with Crippen LogP contribution in [0.1, 0.15) is 39.5 Å². The molecule has 0 aromatic carbocycles. The molecule has 0 amide bonds. The van der Waals surface area contributed by atoms with Crippen LogP contribution in [0, 0.1) is 0 Å². The van der Waals surface area contributed by atoms with Gasteiger partial charge in [-0.25, -0.2) is 0 Å². The van der Waals surface area contributed by atoms with E-state index in [1.165, 1.54) is 12.8 Å². The quantitative estimate of drug-likeness (QED) is 0.538. The van der Waals surface area contributed by atoms with Crippen molar-refractivity contribution in [3.63, 3.8) is 0 Å². The van der Waals surface area contributed by atoms with Crippen LogP contribution in [0.4, 0.5) is 0 Å². The fourth-order valence-electron chi connectivity index (χ4n) is 1.39. The molecule has 0 bridgehead atoms. The van der Waals surface area contributed by atoms with Gasteiger partial charge in [0.25, 0.3) is 0 Å². The minimum absolute atomic E-state index is 0.380. The standard InChI is InChI=1S/C12H27NO2/c1-4-8-13-9-5-7-12(2)15-11-6-10-14-3/h12-13H,4-11H2,1-3H3. The first kappa shape index (κ1) is 14.9. The zero-order chi connectivity index (χ0) is 11.4. The van der Waals surface area contributed by atoms with Crippen molar-refractivity contribution >= 4 is 0 Å². The van der Waals surface area contributed by atoms with E-state index < -0.39 is 0 Å². The van der Waals surface area contributed by atoms with E-state index in [1.54, 1.807) is 7.11 Å². The number of hydrogen-bond donors (Lipinski definition) is 1. The van der Waals surface area contributed by atoms with Crippen molar-refractivity contribution in [2.45, 2.75) is 45.6 Å². The monoisotopic (exact) mass is 217 g/mol. The first-order chi connectivity index (χ1) is 7.31. The van der Waals surface area contributed by atoms with Gasteiger partial charge in [0.05, 0.1) is 6.10 Å². The summed E-state index contributed by atoms with van der Waals surface area (Å²) < 4.78 is 10.6. The molecule has 15 heavy (non-hydrogen) atoms. The van der Waals surface area contributed by atoms with Crippen molar-refractivity contribution in [3.8, 4) is 0 Å². The van der Waals surface area contributed by atoms with Gasteiger partial charge in [0.15, 0.2) is 0 Å². The zero-order valence-corrected chi connectivity index (χ0v) is 10.6. The molecule has 92 valence electrons. The van der Waals surface area contributed by atoms with Crippen molar-refractivity contribution < 1.29 is 9.47 Å². The molecule has 0 rings (SSSR count). The summed E-state index contributed by atoms with van der Waals surface area (Å²) in [6, 6.07) is 0. The van der Waals surface area contributed by atoms with Crippen LogP contribution in [0.5, 0.6) is 0 Å². The van der Waals surface area contributed by atoms with Crippen molar-refractivity contribution in [1.82, 2.24) is 5.32 Å². The maximum absolute atomic E-state index is 5.64. The average molecular weight is 217 g/mol. The molecular weight excluding hydrogens is 190 g/mol. The first-order valence-corrected chi connectivity index (χ1v) is 6.12. The highest BCUT2D eigenvalue weighted by Crippen LogP contribution is 2.01. The molecule has 0 aliphatic heterocycles. The molecule has 0 heterocycles. The van der Waals surface area contributed by atoms with Crippen LogP contribution in [-0.2, 0) is 9.47 Å². The number of nitrogens with one attached hydrogen (secondary N) is 1. The lowest BCUT2D eigenvalue weighted by Gasteiger charge is -2.12. The van der Waals surface area contributed by atoms with Gasteiger partial charge in [-0.05, 0) is 45.7 Å². The van der Waals surface area contributed by atoms with Crippen LogP contribution in [-0.4, -0.2) is 39.5 Å². The SMILES string of the molecule is CCCNCCCC(C)OCCCOC. The second kappa shape index (κ2) is 12.0. The van der Waals surface area contributed by atoms with Gasteiger partial charge in [0, 0.05) is 20.3 Å². The molecule has 0 aromatic heterocycles. The molecule has 0 aromatic rings. The van der Waals surface area contributed by atoms with E-state index in [9.17, 15) is 0 Å². The van der Waals surface area contributed by atoms with Gasteiger partial charge < -0.3 is 14.8 Å². The highest BCUT2D eigenvalue weighted by atomic mass is 16.5. The predicted molar refractivity (Wildman–Crippen MR) is 64.3 cm³/mol. The van der Waals surface area contributed by atoms with Crippen LogP contribution in [0.3, 0.4) is 0 Å². The number of ether oxygens (including phenoxy) is 2. The van der Waals surface area contributed by atoms with Crippen molar-refractivity contribution in [2.75, 3.05) is 33.4 Å². The Hall–Kier alpha value is -0.120. The summed E-state index contributed by atoms with van der Waals surface area (Å²) >= 11 is 0. The van der Waals surface area contributed by atoms with E-state index in [2.05, 4.69) is 19.2 Å². The Bertz CT molecular complexity index is 120. The van der Waals surface area contributed by atoms with Gasteiger partial charge in [0.2, 0.25) is 0 Å². The fraction of sp³-hybridized carbons (Fsp3) is 1.00. The summed E-state index contributed by atoms with van der Waals surface area (Å²) in [6.07, 6.45) is 4.93. The zero-order valence-electron chi connectivity index (χ0n) is 10.6. The van der Waals surface area contributed by atoms with Gasteiger partial charge in [-0.3, -0.25) is 0 Å². The lowest BCUT2D eigenvalue weighted by molar-refractivity contribution is 0.0446. The van der Waals surface area contributed by atoms with Crippen molar-refractivity contribution in [2.24, 2.45) is 0 Å². The highest BCUT2D eigenvalue weighted by molar-refractivity contribution is 4.53. The molecule has 3 heteroatoms. The fourth-order valence-corrected chi connectivity index (χ4v) is 1.39. The number of methoxy groups -OCH3 is 1. The minimum Gasteiger partial charge on any atom is -0.385 e. The Kier molecular flexibility index (Phi) is 11.9. The Labute approximate surface area is 94.5 Å². The Morgan fingerprint density at radius 1 is 1.13 bits per heavy atom. The Morgan fingerprint density at radius 2 is 1.93 bits per heavy atom. The summed E-state index contributed by atoms with van der Waals surface area (Å²) in [5.74, 6) is 0. The molecule has 0 fully saturated rings. The molecule has 0 radical (unpaired) electrons. The Morgan fingerprint density at radius 3 is 2.60 bits per heavy atom. The van der Waals surface area contributed by atoms with E-state index in [0.717, 1.165) is 39.1 Å². The second-order valence-corrected chi connectivity index (χ2v) is 3.92. The van der Waals surface area contributed by atoms with Crippen LogP contribution >= 0.6 is 0 Å². The first-order valence-electron chi connectivity index (χ1n) is 6.12. The van der Waals surface area contributed by atoms with Crippen LogP contribution in [0.2, 0.25) is 0 Å². The van der Waals surface area contributed by atoms with Gasteiger partial charge in [-0.15, -0.1) is 0 Å². The third-order valence-electron chi connectivity index (χ3n) is 2.29. The average Bonchev–Trinajstić information content (AvgIpc) is 2.24. The summed E-state index contributed by atoms with van der Waals surface area (Å²) in [7, 11) is 1.73. The highest BCUT2D eigenvalue weighted by Gasteiger charge is 2.00. The molecule has 0 aliphatic rings.